The summed E-state index contributed by atoms with van der Waals surface area (Å²) >= 11 is 5.59. The highest BCUT2D eigenvalue weighted by molar-refractivity contribution is 7.90. The van der Waals surface area contributed by atoms with Crippen molar-refractivity contribution >= 4 is 39.8 Å². The Kier molecular flexibility index (Phi) is 4.58. The van der Waals surface area contributed by atoms with Crippen molar-refractivity contribution in [1.29, 1.82) is 0 Å². The number of aromatic carboxylic acids is 1. The van der Waals surface area contributed by atoms with Gasteiger partial charge in [0.05, 0.1) is 15.5 Å². The molecule has 0 atom stereocenters. The predicted molar refractivity (Wildman–Crippen MR) is 58.8 cm³/mol. The maximum atomic E-state index is 11.1. The van der Waals surface area contributed by atoms with Crippen LogP contribution in [0.25, 0.3) is 0 Å². The molecule has 84 valence electrons. The maximum absolute atomic E-state index is 11.1. The number of carboxylic acids is 1. The molecule has 0 radical (unpaired) electrons. The molecule has 0 saturated carbocycles. The summed E-state index contributed by atoms with van der Waals surface area (Å²) in [4.78, 5) is 10.6. The largest absolute Gasteiger partial charge is 0.478 e. The third-order valence-corrected chi connectivity index (χ3v) is 3.02. The fourth-order valence-corrected chi connectivity index (χ4v) is 1.87. The van der Waals surface area contributed by atoms with Gasteiger partial charge in [0.1, 0.15) is 0 Å². The zero-order chi connectivity index (χ0) is 10.9. The van der Waals surface area contributed by atoms with Gasteiger partial charge in [0.25, 0.3) is 0 Å². The van der Waals surface area contributed by atoms with Gasteiger partial charge in [0, 0.05) is 6.26 Å². The second-order valence-corrected chi connectivity index (χ2v) is 5.14. The summed E-state index contributed by atoms with van der Waals surface area (Å²) in [5, 5.41) is 8.54. The summed E-state index contributed by atoms with van der Waals surface area (Å²) in [5.74, 6) is -1.19. The van der Waals surface area contributed by atoms with Crippen molar-refractivity contribution in [2.75, 3.05) is 6.26 Å². The molecular weight excluding hydrogens is 263 g/mol. The van der Waals surface area contributed by atoms with E-state index in [9.17, 15) is 13.2 Å². The molecule has 0 aromatic heterocycles. The smallest absolute Gasteiger partial charge is 0.337 e. The van der Waals surface area contributed by atoms with E-state index in [1.165, 1.54) is 12.1 Å². The van der Waals surface area contributed by atoms with E-state index in [2.05, 4.69) is 0 Å². The molecule has 1 aromatic rings. The number of carboxylic acid groups (broad SMARTS) is 1. The molecule has 7 heteroatoms. The Hall–Kier alpha value is -0.780. The van der Waals surface area contributed by atoms with Crippen molar-refractivity contribution in [2.45, 2.75) is 4.90 Å². The average Bonchev–Trinajstić information content (AvgIpc) is 2.01. The van der Waals surface area contributed by atoms with Crippen molar-refractivity contribution in [1.82, 2.24) is 0 Å². The van der Waals surface area contributed by atoms with Gasteiger partial charge in [-0.25, -0.2) is 13.2 Å². The lowest BCUT2D eigenvalue weighted by Gasteiger charge is -2.01. The average molecular weight is 271 g/mol. The summed E-state index contributed by atoms with van der Waals surface area (Å²) < 4.78 is 22.1. The Morgan fingerprint density at radius 3 is 2.27 bits per heavy atom. The first kappa shape index (κ1) is 14.2. The molecule has 0 amide bonds. The van der Waals surface area contributed by atoms with Gasteiger partial charge in [0.15, 0.2) is 9.84 Å². The minimum atomic E-state index is -3.35. The normalized spacial score (nSPS) is 10.5. The minimum absolute atomic E-state index is 0. The third-order valence-electron chi connectivity index (χ3n) is 1.60. The Morgan fingerprint density at radius 2 is 1.93 bits per heavy atom. The maximum Gasteiger partial charge on any atom is 0.337 e. The Bertz CT molecular complexity index is 481. The predicted octanol–water partition coefficient (Wildman–Crippen LogP) is 1.86. The van der Waals surface area contributed by atoms with E-state index in [0.29, 0.717) is 0 Å². The monoisotopic (exact) mass is 270 g/mol. The van der Waals surface area contributed by atoms with Crippen LogP contribution in [0.5, 0.6) is 0 Å². The van der Waals surface area contributed by atoms with Crippen molar-refractivity contribution in [3.63, 3.8) is 0 Å². The summed E-state index contributed by atoms with van der Waals surface area (Å²) in [6.45, 7) is 0. The van der Waals surface area contributed by atoms with Gasteiger partial charge in [-0.3, -0.25) is 0 Å². The van der Waals surface area contributed by atoms with Crippen LogP contribution < -0.4 is 0 Å². The van der Waals surface area contributed by atoms with E-state index in [0.717, 1.165) is 12.3 Å². The molecule has 1 rings (SSSR count). The van der Waals surface area contributed by atoms with Crippen molar-refractivity contribution in [2.24, 2.45) is 0 Å². The van der Waals surface area contributed by atoms with E-state index in [4.69, 9.17) is 16.7 Å². The molecule has 0 fully saturated rings. The van der Waals surface area contributed by atoms with E-state index >= 15 is 0 Å². The second kappa shape index (κ2) is 4.83. The quantitative estimate of drug-likeness (QED) is 0.891. The van der Waals surface area contributed by atoms with Crippen LogP contribution in [0.2, 0.25) is 5.02 Å². The van der Waals surface area contributed by atoms with Crippen LogP contribution in [0, 0.1) is 0 Å². The van der Waals surface area contributed by atoms with Gasteiger partial charge in [-0.2, -0.15) is 0 Å². The van der Waals surface area contributed by atoms with Gasteiger partial charge >= 0.3 is 5.97 Å². The summed E-state index contributed by atoms with van der Waals surface area (Å²) in [6.07, 6.45) is 1.03. The molecule has 0 heterocycles. The molecule has 1 N–H and O–H groups in total. The van der Waals surface area contributed by atoms with Gasteiger partial charge in [-0.05, 0) is 18.2 Å². The highest BCUT2D eigenvalue weighted by atomic mass is 35.5. The molecular formula is C8H8Cl2O4S. The lowest BCUT2D eigenvalue weighted by atomic mass is 10.2. The minimum Gasteiger partial charge on any atom is -0.478 e. The fourth-order valence-electron chi connectivity index (χ4n) is 0.900. The highest BCUT2D eigenvalue weighted by Crippen LogP contribution is 2.20. The fraction of sp³-hybridized carbons (Fsp3) is 0.125. The standard InChI is InChI=1S/C8H7ClO4S.ClH/c1-14(12,13)5-2-3-6(8(10)11)7(9)4-5;/h2-4H,1H3,(H,10,11);1H. The molecule has 0 bridgehead atoms. The Labute approximate surface area is 98.2 Å². The first-order valence-electron chi connectivity index (χ1n) is 3.55. The number of halogens is 2. The highest BCUT2D eigenvalue weighted by Gasteiger charge is 2.13. The molecule has 0 unspecified atom stereocenters. The molecule has 0 spiro atoms. The summed E-state index contributed by atoms with van der Waals surface area (Å²) in [7, 11) is -3.35. The first-order chi connectivity index (χ1) is 6.32. The molecule has 0 aliphatic heterocycles. The van der Waals surface area contributed by atoms with Crippen LogP contribution in [0.15, 0.2) is 23.1 Å². The lowest BCUT2D eigenvalue weighted by Crippen LogP contribution is -2.01. The molecule has 4 nitrogen and oxygen atoms in total. The number of sulfone groups is 1. The second-order valence-electron chi connectivity index (χ2n) is 2.72. The Morgan fingerprint density at radius 1 is 1.40 bits per heavy atom. The van der Waals surface area contributed by atoms with Crippen LogP contribution in [-0.2, 0) is 9.84 Å². The zero-order valence-corrected chi connectivity index (χ0v) is 9.99. The third kappa shape index (κ3) is 3.37. The number of hydrogen-bond acceptors (Lipinski definition) is 3. The van der Waals surface area contributed by atoms with Gasteiger partial charge in [-0.1, -0.05) is 11.6 Å². The van der Waals surface area contributed by atoms with E-state index in [1.54, 1.807) is 0 Å². The van der Waals surface area contributed by atoms with Gasteiger partial charge < -0.3 is 5.11 Å². The number of hydrogen-bond donors (Lipinski definition) is 1. The molecule has 0 aliphatic carbocycles. The summed E-state index contributed by atoms with van der Waals surface area (Å²) in [5.41, 5.74) is -0.112. The van der Waals surface area contributed by atoms with E-state index in [1.807, 2.05) is 0 Å². The topological polar surface area (TPSA) is 71.4 Å². The van der Waals surface area contributed by atoms with Crippen LogP contribution in [0.3, 0.4) is 0 Å². The van der Waals surface area contributed by atoms with Crippen LogP contribution in [0.4, 0.5) is 0 Å². The van der Waals surface area contributed by atoms with Crippen LogP contribution in [-0.4, -0.2) is 25.7 Å². The zero-order valence-electron chi connectivity index (χ0n) is 7.60. The van der Waals surface area contributed by atoms with Crippen molar-refractivity contribution in [3.05, 3.63) is 28.8 Å². The number of rotatable bonds is 2. The van der Waals surface area contributed by atoms with Crippen LogP contribution >= 0.6 is 24.0 Å². The first-order valence-corrected chi connectivity index (χ1v) is 5.82. The van der Waals surface area contributed by atoms with Gasteiger partial charge in [0.2, 0.25) is 0 Å². The van der Waals surface area contributed by atoms with Crippen LogP contribution in [0.1, 0.15) is 10.4 Å². The lowest BCUT2D eigenvalue weighted by molar-refractivity contribution is 0.0697. The SMILES string of the molecule is CS(=O)(=O)c1ccc(C(=O)O)c(Cl)c1.Cl. The Balaban J connectivity index is 0.00000196. The number of carbonyl (C=O) groups is 1. The van der Waals surface area contributed by atoms with E-state index < -0.39 is 15.8 Å². The summed E-state index contributed by atoms with van der Waals surface area (Å²) in [6, 6.07) is 3.51. The molecule has 15 heavy (non-hydrogen) atoms. The molecule has 0 aliphatic rings. The van der Waals surface area contributed by atoms with Crippen molar-refractivity contribution in [3.8, 4) is 0 Å². The van der Waals surface area contributed by atoms with E-state index in [-0.39, 0.29) is 27.9 Å². The molecule has 1 aromatic carbocycles. The number of benzene rings is 1. The van der Waals surface area contributed by atoms with Gasteiger partial charge in [-0.15, -0.1) is 12.4 Å². The molecule has 0 saturated heterocycles. The van der Waals surface area contributed by atoms with Crippen molar-refractivity contribution < 1.29 is 18.3 Å².